The van der Waals surface area contributed by atoms with Crippen LogP contribution in [0.15, 0.2) is 30.3 Å². The monoisotopic (exact) mass is 207 g/mol. The number of carbonyl (C=O) groups is 2. The molecule has 0 fully saturated rings. The number of carbonyl (C=O) groups excluding carboxylic acids is 2. The number of Topliss-reactive ketones (excluding diaryl/α,β-unsaturated/α-hetero) is 1. The lowest BCUT2D eigenvalue weighted by molar-refractivity contribution is -0.152. The zero-order chi connectivity index (χ0) is 11.1. The van der Waals surface area contributed by atoms with Gasteiger partial charge in [-0.05, 0) is 19.1 Å². The second kappa shape index (κ2) is 5.80. The summed E-state index contributed by atoms with van der Waals surface area (Å²) < 4.78 is 4.56. The summed E-state index contributed by atoms with van der Waals surface area (Å²) in [6, 6.07) is 9.20. The zero-order valence-electron chi connectivity index (χ0n) is 8.53. The van der Waals surface area contributed by atoms with Crippen molar-refractivity contribution in [1.82, 2.24) is 0 Å². The lowest BCUT2D eigenvalue weighted by atomic mass is 10.3. The van der Waals surface area contributed by atoms with Gasteiger partial charge in [0.25, 0.3) is 5.78 Å². The fraction of sp³-hybridized carbons (Fsp3) is 0.273. The average Bonchev–Trinajstić information content (AvgIpc) is 2.27. The van der Waals surface area contributed by atoms with Crippen LogP contribution < -0.4 is 5.32 Å². The first-order valence-corrected chi connectivity index (χ1v) is 4.73. The lowest BCUT2D eigenvalue weighted by Gasteiger charge is -2.04. The van der Waals surface area contributed by atoms with Crippen LogP contribution in [0.5, 0.6) is 0 Å². The maximum absolute atomic E-state index is 11.2. The standard InChI is InChI=1S/C11H13NO3/c1-2-15-11(14)10(13)8-12-9-6-4-3-5-7-9/h3-7,12H,2,8H2,1H3. The van der Waals surface area contributed by atoms with Gasteiger partial charge in [0.05, 0.1) is 13.2 Å². The Labute approximate surface area is 88.2 Å². The van der Waals surface area contributed by atoms with Gasteiger partial charge >= 0.3 is 5.97 Å². The highest BCUT2D eigenvalue weighted by molar-refractivity contribution is 6.34. The molecule has 0 aliphatic carbocycles. The molecule has 0 unspecified atom stereocenters. The number of nitrogens with one attached hydrogen (secondary N) is 1. The normalized spacial score (nSPS) is 9.40. The Morgan fingerprint density at radius 2 is 1.93 bits per heavy atom. The summed E-state index contributed by atoms with van der Waals surface area (Å²) in [6.07, 6.45) is 0. The molecule has 15 heavy (non-hydrogen) atoms. The summed E-state index contributed by atoms with van der Waals surface area (Å²) in [7, 11) is 0. The van der Waals surface area contributed by atoms with Crippen molar-refractivity contribution in [3.8, 4) is 0 Å². The van der Waals surface area contributed by atoms with Crippen molar-refractivity contribution in [3.63, 3.8) is 0 Å². The van der Waals surface area contributed by atoms with Gasteiger partial charge in [0.2, 0.25) is 0 Å². The smallest absolute Gasteiger partial charge is 0.376 e. The van der Waals surface area contributed by atoms with Gasteiger partial charge in [-0.1, -0.05) is 18.2 Å². The number of hydrogen-bond acceptors (Lipinski definition) is 4. The molecule has 1 rings (SSSR count). The molecule has 0 spiro atoms. The number of benzene rings is 1. The predicted molar refractivity (Wildman–Crippen MR) is 56.6 cm³/mol. The fourth-order valence-electron chi connectivity index (χ4n) is 1.02. The van der Waals surface area contributed by atoms with Gasteiger partial charge in [-0.2, -0.15) is 0 Å². The summed E-state index contributed by atoms with van der Waals surface area (Å²) in [5, 5.41) is 2.83. The van der Waals surface area contributed by atoms with Crippen molar-refractivity contribution in [2.24, 2.45) is 0 Å². The van der Waals surface area contributed by atoms with Crippen LogP contribution in [0, 0.1) is 0 Å². The van der Waals surface area contributed by atoms with Crippen LogP contribution in [0.25, 0.3) is 0 Å². The maximum atomic E-state index is 11.2. The number of ketones is 1. The molecule has 0 heterocycles. The molecular weight excluding hydrogens is 194 g/mol. The van der Waals surface area contributed by atoms with E-state index in [0.29, 0.717) is 0 Å². The molecule has 4 nitrogen and oxygen atoms in total. The van der Waals surface area contributed by atoms with E-state index in [1.165, 1.54) is 0 Å². The second-order valence-electron chi connectivity index (χ2n) is 2.86. The zero-order valence-corrected chi connectivity index (χ0v) is 8.53. The van der Waals surface area contributed by atoms with E-state index in [1.54, 1.807) is 6.92 Å². The van der Waals surface area contributed by atoms with Crippen LogP contribution in [0.2, 0.25) is 0 Å². The first kappa shape index (κ1) is 11.2. The Morgan fingerprint density at radius 3 is 2.53 bits per heavy atom. The first-order valence-electron chi connectivity index (χ1n) is 4.73. The number of anilines is 1. The van der Waals surface area contributed by atoms with E-state index >= 15 is 0 Å². The Kier molecular flexibility index (Phi) is 4.34. The van der Waals surface area contributed by atoms with Gasteiger partial charge in [0, 0.05) is 5.69 Å². The van der Waals surface area contributed by atoms with Crippen molar-refractivity contribution in [3.05, 3.63) is 30.3 Å². The Morgan fingerprint density at radius 1 is 1.27 bits per heavy atom. The Balaban J connectivity index is 2.38. The summed E-state index contributed by atoms with van der Waals surface area (Å²) in [6.45, 7) is 1.84. The van der Waals surface area contributed by atoms with Crippen molar-refractivity contribution in [2.75, 3.05) is 18.5 Å². The number of hydrogen-bond donors (Lipinski definition) is 1. The Bertz CT molecular complexity index is 335. The van der Waals surface area contributed by atoms with E-state index in [2.05, 4.69) is 10.1 Å². The van der Waals surface area contributed by atoms with Crippen LogP contribution in [-0.2, 0) is 14.3 Å². The number of ether oxygens (including phenoxy) is 1. The molecule has 0 saturated carbocycles. The van der Waals surface area contributed by atoms with Crippen molar-refractivity contribution in [1.29, 1.82) is 0 Å². The van der Waals surface area contributed by atoms with Gasteiger partial charge in [0.15, 0.2) is 0 Å². The number of esters is 1. The molecule has 0 atom stereocenters. The molecule has 0 aliphatic rings. The molecule has 0 bridgehead atoms. The molecule has 0 aliphatic heterocycles. The maximum Gasteiger partial charge on any atom is 0.376 e. The largest absolute Gasteiger partial charge is 0.460 e. The SMILES string of the molecule is CCOC(=O)C(=O)CNc1ccccc1. The first-order chi connectivity index (χ1) is 7.24. The van der Waals surface area contributed by atoms with E-state index in [0.717, 1.165) is 5.69 Å². The van der Waals surface area contributed by atoms with Crippen LogP contribution in [0.3, 0.4) is 0 Å². The molecule has 0 amide bonds. The second-order valence-corrected chi connectivity index (χ2v) is 2.86. The third-order valence-electron chi connectivity index (χ3n) is 1.73. The number of rotatable bonds is 5. The molecule has 0 saturated heterocycles. The summed E-state index contributed by atoms with van der Waals surface area (Å²) >= 11 is 0. The molecular formula is C11H13NO3. The van der Waals surface area contributed by atoms with E-state index in [4.69, 9.17) is 0 Å². The highest BCUT2D eigenvalue weighted by Crippen LogP contribution is 2.03. The molecule has 1 aromatic rings. The van der Waals surface area contributed by atoms with Gasteiger partial charge in [-0.25, -0.2) is 4.79 Å². The van der Waals surface area contributed by atoms with E-state index in [-0.39, 0.29) is 13.2 Å². The molecule has 0 radical (unpaired) electrons. The predicted octanol–water partition coefficient (Wildman–Crippen LogP) is 1.23. The van der Waals surface area contributed by atoms with E-state index < -0.39 is 11.8 Å². The molecule has 1 N–H and O–H groups in total. The van der Waals surface area contributed by atoms with Gasteiger partial charge in [-0.3, -0.25) is 4.79 Å². The molecule has 80 valence electrons. The molecule has 4 heteroatoms. The van der Waals surface area contributed by atoms with Crippen molar-refractivity contribution >= 4 is 17.4 Å². The summed E-state index contributed by atoms with van der Waals surface area (Å²) in [5.41, 5.74) is 0.801. The molecule has 0 aromatic heterocycles. The quantitative estimate of drug-likeness (QED) is 0.582. The third kappa shape index (κ3) is 3.81. The topological polar surface area (TPSA) is 55.4 Å². The number of para-hydroxylation sites is 1. The van der Waals surface area contributed by atoms with Crippen LogP contribution in [-0.4, -0.2) is 24.9 Å². The minimum absolute atomic E-state index is 0.0388. The van der Waals surface area contributed by atoms with E-state index in [1.807, 2.05) is 30.3 Å². The minimum atomic E-state index is -0.791. The van der Waals surface area contributed by atoms with Gasteiger partial charge in [0.1, 0.15) is 0 Å². The highest BCUT2D eigenvalue weighted by Gasteiger charge is 2.13. The van der Waals surface area contributed by atoms with Crippen LogP contribution in [0.1, 0.15) is 6.92 Å². The lowest BCUT2D eigenvalue weighted by Crippen LogP contribution is -2.24. The van der Waals surface area contributed by atoms with Crippen molar-refractivity contribution in [2.45, 2.75) is 6.92 Å². The summed E-state index contributed by atoms with van der Waals surface area (Å²) in [4.78, 5) is 22.1. The minimum Gasteiger partial charge on any atom is -0.460 e. The highest BCUT2D eigenvalue weighted by atomic mass is 16.5. The average molecular weight is 207 g/mol. The van der Waals surface area contributed by atoms with Crippen LogP contribution >= 0.6 is 0 Å². The van der Waals surface area contributed by atoms with Gasteiger partial charge in [-0.15, -0.1) is 0 Å². The Hall–Kier alpha value is -1.84. The van der Waals surface area contributed by atoms with Crippen molar-refractivity contribution < 1.29 is 14.3 Å². The van der Waals surface area contributed by atoms with Crippen LogP contribution in [0.4, 0.5) is 5.69 Å². The van der Waals surface area contributed by atoms with Gasteiger partial charge < -0.3 is 10.1 Å². The fourth-order valence-corrected chi connectivity index (χ4v) is 1.02. The summed E-state index contributed by atoms with van der Waals surface area (Å²) in [5.74, 6) is -1.36. The third-order valence-corrected chi connectivity index (χ3v) is 1.73. The molecule has 1 aromatic carbocycles. The van der Waals surface area contributed by atoms with E-state index in [9.17, 15) is 9.59 Å².